The number of aromatic nitrogens is 1. The lowest BCUT2D eigenvalue weighted by atomic mass is 10.0. The molecule has 4 heteroatoms. The van der Waals surface area contributed by atoms with E-state index in [1.807, 2.05) is 36.5 Å². The van der Waals surface area contributed by atoms with Crippen molar-refractivity contribution in [1.29, 1.82) is 0 Å². The van der Waals surface area contributed by atoms with Crippen LogP contribution in [0.25, 0.3) is 11.1 Å². The van der Waals surface area contributed by atoms with Crippen molar-refractivity contribution in [3.63, 3.8) is 0 Å². The smallest absolute Gasteiger partial charge is 0.272 e. The van der Waals surface area contributed by atoms with Crippen LogP contribution in [0.3, 0.4) is 0 Å². The zero-order valence-corrected chi connectivity index (χ0v) is 13.8. The van der Waals surface area contributed by atoms with Crippen LogP contribution < -0.4 is 5.32 Å². The van der Waals surface area contributed by atoms with Crippen molar-refractivity contribution in [1.82, 2.24) is 15.2 Å². The number of benzene rings is 1. The summed E-state index contributed by atoms with van der Waals surface area (Å²) in [5, 5.41) is 3.38. The number of carbonyl (C=O) groups is 1. The number of amides is 1. The Balaban J connectivity index is 1.54. The van der Waals surface area contributed by atoms with Crippen LogP contribution in [0.1, 0.15) is 36.2 Å². The van der Waals surface area contributed by atoms with Gasteiger partial charge in [0, 0.05) is 23.8 Å². The fraction of sp³-hybridized carbons (Fsp3) is 0.400. The number of hydrogen-bond donors (Lipinski definition) is 1. The zero-order chi connectivity index (χ0) is 16.4. The molecule has 1 amide bonds. The standard InChI is InChI=1S/C20H23N3O/c24-20(23(17-7-8-17)18-10-12-21-13-11-18)19-9-6-16(14-22-19)15-4-2-1-3-5-15/h1-6,9,14,17-18,21H,7-8,10-13H2. The third-order valence-corrected chi connectivity index (χ3v) is 4.97. The normalized spacial score (nSPS) is 18.3. The van der Waals surface area contributed by atoms with Gasteiger partial charge in [0.2, 0.25) is 0 Å². The van der Waals surface area contributed by atoms with E-state index in [1.54, 1.807) is 0 Å². The van der Waals surface area contributed by atoms with Crippen LogP contribution >= 0.6 is 0 Å². The van der Waals surface area contributed by atoms with E-state index in [0.29, 0.717) is 17.8 Å². The number of carbonyl (C=O) groups excluding carboxylic acids is 1. The van der Waals surface area contributed by atoms with Gasteiger partial charge in [-0.2, -0.15) is 0 Å². The molecule has 0 atom stereocenters. The van der Waals surface area contributed by atoms with E-state index in [1.165, 1.54) is 0 Å². The number of hydrogen-bond acceptors (Lipinski definition) is 3. The first kappa shape index (κ1) is 15.3. The molecule has 0 radical (unpaired) electrons. The highest BCUT2D eigenvalue weighted by Gasteiger charge is 2.38. The van der Waals surface area contributed by atoms with Gasteiger partial charge in [-0.3, -0.25) is 9.78 Å². The summed E-state index contributed by atoms with van der Waals surface area (Å²) in [4.78, 5) is 19.6. The second kappa shape index (κ2) is 6.73. The Bertz CT molecular complexity index is 689. The van der Waals surface area contributed by atoms with Gasteiger partial charge in [0.25, 0.3) is 5.91 Å². The van der Waals surface area contributed by atoms with E-state index < -0.39 is 0 Å². The second-order valence-electron chi connectivity index (χ2n) is 6.72. The molecule has 1 aromatic heterocycles. The maximum atomic E-state index is 13.0. The highest BCUT2D eigenvalue weighted by Crippen LogP contribution is 2.32. The molecular weight excluding hydrogens is 298 g/mol. The molecule has 1 saturated heterocycles. The molecule has 2 heterocycles. The Morgan fingerprint density at radius 1 is 0.917 bits per heavy atom. The summed E-state index contributed by atoms with van der Waals surface area (Å²) in [6.07, 6.45) is 6.18. The third-order valence-electron chi connectivity index (χ3n) is 4.97. The molecule has 0 spiro atoms. The minimum absolute atomic E-state index is 0.101. The quantitative estimate of drug-likeness (QED) is 0.941. The summed E-state index contributed by atoms with van der Waals surface area (Å²) in [7, 11) is 0. The minimum Gasteiger partial charge on any atom is -0.331 e. The number of nitrogens with one attached hydrogen (secondary N) is 1. The SMILES string of the molecule is O=C(c1ccc(-c2ccccc2)cn1)N(C1CCNCC1)C1CC1. The molecule has 2 aliphatic rings. The monoisotopic (exact) mass is 321 g/mol. The average molecular weight is 321 g/mol. The van der Waals surface area contributed by atoms with Crippen LogP contribution in [0.15, 0.2) is 48.7 Å². The molecule has 4 rings (SSSR count). The molecule has 2 aromatic rings. The molecule has 124 valence electrons. The van der Waals surface area contributed by atoms with Crippen LogP contribution in [0.4, 0.5) is 0 Å². The minimum atomic E-state index is 0.101. The molecule has 1 N–H and O–H groups in total. The fourth-order valence-electron chi connectivity index (χ4n) is 3.52. The van der Waals surface area contributed by atoms with Crippen molar-refractivity contribution in [2.24, 2.45) is 0 Å². The van der Waals surface area contributed by atoms with E-state index in [0.717, 1.165) is 49.9 Å². The van der Waals surface area contributed by atoms with Crippen molar-refractivity contribution in [3.05, 3.63) is 54.4 Å². The molecule has 2 fully saturated rings. The maximum absolute atomic E-state index is 13.0. The lowest BCUT2D eigenvalue weighted by Crippen LogP contribution is -2.47. The van der Waals surface area contributed by atoms with Gasteiger partial charge in [0.1, 0.15) is 5.69 Å². The second-order valence-corrected chi connectivity index (χ2v) is 6.72. The Morgan fingerprint density at radius 3 is 2.25 bits per heavy atom. The molecule has 24 heavy (non-hydrogen) atoms. The van der Waals surface area contributed by atoms with Crippen molar-refractivity contribution in [2.45, 2.75) is 37.8 Å². The lowest BCUT2D eigenvalue weighted by Gasteiger charge is -2.34. The molecule has 1 aliphatic heterocycles. The van der Waals surface area contributed by atoms with E-state index in [-0.39, 0.29) is 5.91 Å². The number of pyridine rings is 1. The predicted octanol–water partition coefficient (Wildman–Crippen LogP) is 3.11. The van der Waals surface area contributed by atoms with E-state index >= 15 is 0 Å². The average Bonchev–Trinajstić information content (AvgIpc) is 3.49. The van der Waals surface area contributed by atoms with Crippen LogP contribution in [-0.2, 0) is 0 Å². The Labute approximate surface area is 142 Å². The van der Waals surface area contributed by atoms with Crippen LogP contribution in [-0.4, -0.2) is 41.0 Å². The van der Waals surface area contributed by atoms with Crippen molar-refractivity contribution in [2.75, 3.05) is 13.1 Å². The Hall–Kier alpha value is -2.20. The molecule has 4 nitrogen and oxygen atoms in total. The van der Waals surface area contributed by atoms with Gasteiger partial charge in [0.05, 0.1) is 0 Å². The largest absolute Gasteiger partial charge is 0.331 e. The van der Waals surface area contributed by atoms with Crippen molar-refractivity contribution in [3.8, 4) is 11.1 Å². The fourth-order valence-corrected chi connectivity index (χ4v) is 3.52. The van der Waals surface area contributed by atoms with Gasteiger partial charge in [-0.05, 0) is 50.4 Å². The van der Waals surface area contributed by atoms with Gasteiger partial charge < -0.3 is 10.2 Å². The highest BCUT2D eigenvalue weighted by atomic mass is 16.2. The molecular formula is C20H23N3O. The first-order chi connectivity index (χ1) is 11.8. The molecule has 0 bridgehead atoms. The van der Waals surface area contributed by atoms with Crippen molar-refractivity contribution < 1.29 is 4.79 Å². The maximum Gasteiger partial charge on any atom is 0.272 e. The van der Waals surface area contributed by atoms with Gasteiger partial charge in [0.15, 0.2) is 0 Å². The molecule has 1 aromatic carbocycles. The van der Waals surface area contributed by atoms with E-state index in [2.05, 4.69) is 27.3 Å². The zero-order valence-electron chi connectivity index (χ0n) is 13.8. The lowest BCUT2D eigenvalue weighted by molar-refractivity contribution is 0.0617. The summed E-state index contributed by atoms with van der Waals surface area (Å²) >= 11 is 0. The first-order valence-electron chi connectivity index (χ1n) is 8.88. The van der Waals surface area contributed by atoms with Crippen molar-refractivity contribution >= 4 is 5.91 Å². The first-order valence-corrected chi connectivity index (χ1v) is 8.88. The summed E-state index contributed by atoms with van der Waals surface area (Å²) < 4.78 is 0. The van der Waals surface area contributed by atoms with Gasteiger partial charge in [-0.1, -0.05) is 36.4 Å². The summed E-state index contributed by atoms with van der Waals surface area (Å²) in [5.74, 6) is 0.101. The molecule has 1 aliphatic carbocycles. The summed E-state index contributed by atoms with van der Waals surface area (Å²) in [6, 6.07) is 14.8. The number of rotatable bonds is 4. The highest BCUT2D eigenvalue weighted by molar-refractivity contribution is 5.93. The summed E-state index contributed by atoms with van der Waals surface area (Å²) in [6.45, 7) is 2.00. The van der Waals surface area contributed by atoms with E-state index in [4.69, 9.17) is 0 Å². The number of piperidine rings is 1. The van der Waals surface area contributed by atoms with Gasteiger partial charge >= 0.3 is 0 Å². The van der Waals surface area contributed by atoms with E-state index in [9.17, 15) is 4.79 Å². The summed E-state index contributed by atoms with van der Waals surface area (Å²) in [5.41, 5.74) is 2.74. The predicted molar refractivity (Wildman–Crippen MR) is 94.8 cm³/mol. The molecule has 1 saturated carbocycles. The third kappa shape index (κ3) is 3.20. The Kier molecular flexibility index (Phi) is 4.30. The van der Waals surface area contributed by atoms with Crippen LogP contribution in [0.5, 0.6) is 0 Å². The Morgan fingerprint density at radius 2 is 1.62 bits per heavy atom. The van der Waals surface area contributed by atoms with Gasteiger partial charge in [-0.25, -0.2) is 0 Å². The van der Waals surface area contributed by atoms with Gasteiger partial charge in [-0.15, -0.1) is 0 Å². The van der Waals surface area contributed by atoms with Crippen LogP contribution in [0, 0.1) is 0 Å². The van der Waals surface area contributed by atoms with Crippen LogP contribution in [0.2, 0.25) is 0 Å². The molecule has 0 unspecified atom stereocenters. The number of nitrogens with zero attached hydrogens (tertiary/aromatic N) is 2. The topological polar surface area (TPSA) is 45.2 Å².